The summed E-state index contributed by atoms with van der Waals surface area (Å²) >= 11 is 0.874. The third kappa shape index (κ3) is 4.70. The number of phenols is 1. The van der Waals surface area contributed by atoms with Crippen LogP contribution in [-0.4, -0.2) is 86.2 Å². The molecular weight excluding hydrogens is 625 g/mol. The zero-order valence-corrected chi connectivity index (χ0v) is 25.4. The van der Waals surface area contributed by atoms with E-state index >= 15 is 0 Å². The summed E-state index contributed by atoms with van der Waals surface area (Å²) < 4.78 is 76.1. The average Bonchev–Trinajstić information content (AvgIpc) is 3.80. The molecule has 0 saturated carbocycles. The van der Waals surface area contributed by atoms with Crippen molar-refractivity contribution in [1.29, 1.82) is 0 Å². The SMILES string of the molecule is [2H]c1sc([13C@@H]2OC[C@H]3OC(O[C@@H]4c5cc6c(cc5[C@@H](c5cc(OC)c(O)c(OC)c5)[C@H]5C(=O)OC[C@@H]54)OCO6)[C@H](O)[C@@H](O)[C@@H]3O2)c([2H])c1[2H]. The van der Waals surface area contributed by atoms with Gasteiger partial charge in [-0.2, -0.15) is 0 Å². The summed E-state index contributed by atoms with van der Waals surface area (Å²) in [7, 11) is 2.82. The predicted molar refractivity (Wildman–Crippen MR) is 156 cm³/mol. The Morgan fingerprint density at radius 1 is 0.957 bits per heavy atom. The number of thiophene rings is 1. The number of hydrogen-bond donors (Lipinski definition) is 3. The molecule has 3 N–H and O–H groups in total. The fourth-order valence-electron chi connectivity index (χ4n) is 7.05. The van der Waals surface area contributed by atoms with Crippen molar-refractivity contribution in [2.75, 3.05) is 34.2 Å². The van der Waals surface area contributed by atoms with Crippen molar-refractivity contribution in [2.24, 2.45) is 11.8 Å². The lowest BCUT2D eigenvalue weighted by atomic mass is 9.66. The monoisotopic (exact) mass is 660 g/mol. The van der Waals surface area contributed by atoms with Gasteiger partial charge >= 0.3 is 5.97 Å². The molecule has 0 radical (unpaired) electrons. The van der Waals surface area contributed by atoms with Crippen LogP contribution in [0.2, 0.25) is 0 Å². The number of fused-ring (bicyclic) bond motifs is 4. The minimum absolute atomic E-state index is 0.00965. The molecule has 3 fully saturated rings. The number of cyclic esters (lactones) is 1. The smallest absolute Gasteiger partial charge is 0.310 e. The van der Waals surface area contributed by atoms with Crippen LogP contribution in [0.15, 0.2) is 41.7 Å². The molecule has 4 aliphatic heterocycles. The van der Waals surface area contributed by atoms with Crippen LogP contribution in [0.4, 0.5) is 0 Å². The van der Waals surface area contributed by atoms with Crippen LogP contribution < -0.4 is 18.9 Å². The fraction of sp³-hybridized carbons (Fsp3) is 0.469. The number of rotatable bonds is 6. The van der Waals surface area contributed by atoms with E-state index in [2.05, 4.69) is 0 Å². The van der Waals surface area contributed by atoms with E-state index in [9.17, 15) is 20.1 Å². The van der Waals surface area contributed by atoms with Gasteiger partial charge in [0, 0.05) is 11.8 Å². The van der Waals surface area contributed by atoms with E-state index in [1.165, 1.54) is 14.2 Å². The molecule has 1 aromatic heterocycles. The molecule has 5 heterocycles. The van der Waals surface area contributed by atoms with Crippen molar-refractivity contribution < 1.29 is 66.9 Å². The summed E-state index contributed by atoms with van der Waals surface area (Å²) in [5.41, 5.74) is 1.86. The molecule has 8 rings (SSSR count). The molecule has 2 aromatic carbocycles. The second-order valence-electron chi connectivity index (χ2n) is 11.6. The first-order chi connectivity index (χ1) is 23.6. The van der Waals surface area contributed by atoms with Crippen molar-refractivity contribution in [1.82, 2.24) is 0 Å². The van der Waals surface area contributed by atoms with Gasteiger partial charge in [-0.1, -0.05) is 6.04 Å². The summed E-state index contributed by atoms with van der Waals surface area (Å²) in [6, 6.07) is 6.35. The highest BCUT2D eigenvalue weighted by Crippen LogP contribution is 2.57. The number of aliphatic hydroxyl groups is 2. The van der Waals surface area contributed by atoms with Gasteiger partial charge in [-0.05, 0) is 52.4 Å². The Morgan fingerprint density at radius 2 is 1.70 bits per heavy atom. The number of aromatic hydroxyl groups is 1. The number of methoxy groups -OCH3 is 2. The van der Waals surface area contributed by atoms with Gasteiger partial charge in [-0.25, -0.2) is 0 Å². The molecule has 13 nitrogen and oxygen atoms in total. The maximum Gasteiger partial charge on any atom is 0.310 e. The Labute approximate surface area is 271 Å². The maximum atomic E-state index is 13.5. The van der Waals surface area contributed by atoms with Gasteiger partial charge in [-0.15, -0.1) is 11.3 Å². The molecule has 0 spiro atoms. The molecule has 1 aliphatic carbocycles. The number of aliphatic hydroxyl groups excluding tert-OH is 2. The normalized spacial score (nSPS) is 35.2. The van der Waals surface area contributed by atoms with Crippen LogP contribution in [0.1, 0.15) is 44.0 Å². The van der Waals surface area contributed by atoms with Gasteiger partial charge in [0.15, 0.2) is 35.6 Å². The first-order valence-corrected chi connectivity index (χ1v) is 15.5. The molecular formula is C32H32O13S. The molecule has 0 bridgehead atoms. The van der Waals surface area contributed by atoms with Crippen molar-refractivity contribution in [3.63, 3.8) is 0 Å². The molecule has 0 amide bonds. The van der Waals surface area contributed by atoms with Crippen molar-refractivity contribution >= 4 is 17.3 Å². The van der Waals surface area contributed by atoms with E-state index < -0.39 is 66.8 Å². The number of phenolic OH excluding ortho intramolecular Hbond substituents is 1. The Hall–Kier alpha value is -3.63. The van der Waals surface area contributed by atoms with Gasteiger partial charge in [0.25, 0.3) is 0 Å². The second-order valence-corrected chi connectivity index (χ2v) is 12.4. The number of carbonyl (C=O) groups excluding carboxylic acids is 1. The van der Waals surface area contributed by atoms with E-state index in [4.69, 9.17) is 46.7 Å². The Kier molecular flexibility index (Phi) is 6.64. The summed E-state index contributed by atoms with van der Waals surface area (Å²) in [6.07, 6.45) is -8.47. The van der Waals surface area contributed by atoms with Gasteiger partial charge in [0.2, 0.25) is 12.5 Å². The van der Waals surface area contributed by atoms with E-state index in [1.54, 1.807) is 24.3 Å². The van der Waals surface area contributed by atoms with E-state index in [0.717, 1.165) is 11.3 Å². The Morgan fingerprint density at radius 3 is 2.39 bits per heavy atom. The zero-order chi connectivity index (χ0) is 34.3. The van der Waals surface area contributed by atoms with Crippen LogP contribution in [0.5, 0.6) is 28.7 Å². The highest BCUT2D eigenvalue weighted by molar-refractivity contribution is 7.10. The molecule has 14 heteroatoms. The van der Waals surface area contributed by atoms with Crippen molar-refractivity contribution in [3.05, 3.63) is 63.3 Å². The zero-order valence-electron chi connectivity index (χ0n) is 27.5. The van der Waals surface area contributed by atoms with E-state index in [-0.39, 0.29) is 59.6 Å². The molecule has 1 unspecified atom stereocenters. The lowest BCUT2D eigenvalue weighted by molar-refractivity contribution is -0.368. The second kappa shape index (κ2) is 11.6. The average molecular weight is 661 g/mol. The highest BCUT2D eigenvalue weighted by Gasteiger charge is 2.56. The number of ether oxygens (including phenoxy) is 9. The Balaban J connectivity index is 1.13. The van der Waals surface area contributed by atoms with Crippen LogP contribution in [0.3, 0.4) is 0 Å². The summed E-state index contributed by atoms with van der Waals surface area (Å²) in [4.78, 5) is 13.7. The van der Waals surface area contributed by atoms with Gasteiger partial charge in [-0.3, -0.25) is 4.79 Å². The lowest BCUT2D eigenvalue weighted by Crippen LogP contribution is -2.62. The third-order valence-corrected chi connectivity index (χ3v) is 9.92. The number of carbonyl (C=O) groups is 1. The summed E-state index contributed by atoms with van der Waals surface area (Å²) in [5, 5.41) is 33.1. The molecule has 46 heavy (non-hydrogen) atoms. The molecule has 3 aromatic rings. The van der Waals surface area contributed by atoms with Crippen molar-refractivity contribution in [3.8, 4) is 28.7 Å². The van der Waals surface area contributed by atoms with E-state index in [0.29, 0.717) is 28.2 Å². The highest BCUT2D eigenvalue weighted by atomic mass is 32.1. The first-order valence-electron chi connectivity index (χ1n) is 16.1. The fourth-order valence-corrected chi connectivity index (χ4v) is 7.58. The molecule has 5 aliphatic rings. The molecule has 3 saturated heterocycles. The third-order valence-electron chi connectivity index (χ3n) is 9.21. The number of benzene rings is 2. The predicted octanol–water partition coefficient (Wildman–Crippen LogP) is 2.75. The lowest BCUT2D eigenvalue weighted by Gasteiger charge is -2.48. The number of esters is 1. The van der Waals surface area contributed by atoms with Gasteiger partial charge in [0.1, 0.15) is 24.4 Å². The topological polar surface area (TPSA) is 161 Å². The van der Waals surface area contributed by atoms with Crippen LogP contribution >= 0.6 is 11.3 Å². The van der Waals surface area contributed by atoms with Crippen LogP contribution in [0.25, 0.3) is 0 Å². The number of hydrogen-bond acceptors (Lipinski definition) is 14. The van der Waals surface area contributed by atoms with Crippen molar-refractivity contribution in [2.45, 2.75) is 49.0 Å². The van der Waals surface area contributed by atoms with Crippen LogP contribution in [-0.2, 0) is 28.5 Å². The van der Waals surface area contributed by atoms with E-state index in [1.807, 2.05) is 0 Å². The Bertz CT molecular complexity index is 1780. The van der Waals surface area contributed by atoms with Gasteiger partial charge < -0.3 is 58.0 Å². The maximum absolute atomic E-state index is 13.5. The molecule has 244 valence electrons. The summed E-state index contributed by atoms with van der Waals surface area (Å²) in [6.45, 7) is -0.121. The van der Waals surface area contributed by atoms with Gasteiger partial charge in [0.05, 0.1) is 48.4 Å². The standard InChI is InChI=1S/C32H32O13S/c1-37-19-6-13(7-20(38-2)25(19)33)23-14-8-17-18(42-12-41-17)9-15(14)28(16-10-39-30(36)24(16)23)44-32-27(35)26(34)29-21(43-32)11-40-31(45-29)22-4-3-5-46-22/h3-9,16,21,23-24,26-29,31-35H,10-12H2,1-2H3/t16-,21+,23+,24-,26+,27+,28+,29+,31+,32?/m0/s1/i3D,4D,5D,31+1. The quantitative estimate of drug-likeness (QED) is 0.262. The van der Waals surface area contributed by atoms with Crippen LogP contribution in [0, 0.1) is 11.8 Å². The largest absolute Gasteiger partial charge is 0.502 e. The molecule has 10 atom stereocenters. The minimum atomic E-state index is -1.60. The summed E-state index contributed by atoms with van der Waals surface area (Å²) in [5.74, 6) is -1.45. The minimum Gasteiger partial charge on any atom is -0.502 e. The first kappa shape index (κ1) is 26.4.